The van der Waals surface area contributed by atoms with Gasteiger partial charge in [-0.25, -0.2) is 9.97 Å². The number of aryl methyl sites for hydroxylation is 2. The number of hydrogen-bond donors (Lipinski definition) is 1. The van der Waals surface area contributed by atoms with Crippen LogP contribution >= 0.6 is 0 Å². The van der Waals surface area contributed by atoms with Crippen molar-refractivity contribution < 1.29 is 9.53 Å². The van der Waals surface area contributed by atoms with E-state index in [4.69, 9.17) is 4.74 Å². The van der Waals surface area contributed by atoms with E-state index >= 15 is 0 Å². The summed E-state index contributed by atoms with van der Waals surface area (Å²) in [5.74, 6) is 1.57. The first-order valence-electron chi connectivity index (χ1n) is 8.58. The molecular weight excluding hydrogens is 302 g/mol. The van der Waals surface area contributed by atoms with Crippen LogP contribution in [0.5, 0.6) is 5.75 Å². The molecule has 0 radical (unpaired) electrons. The van der Waals surface area contributed by atoms with Crippen LogP contribution in [0.3, 0.4) is 0 Å². The van der Waals surface area contributed by atoms with Crippen LogP contribution in [0.4, 0.5) is 0 Å². The molecule has 0 saturated carbocycles. The number of amides is 1. The number of fused-ring (bicyclic) bond motifs is 2. The summed E-state index contributed by atoms with van der Waals surface area (Å²) < 4.78 is 5.71. The number of carbonyl (C=O) groups is 1. The van der Waals surface area contributed by atoms with E-state index in [-0.39, 0.29) is 5.91 Å². The van der Waals surface area contributed by atoms with Crippen LogP contribution in [0.25, 0.3) is 0 Å². The van der Waals surface area contributed by atoms with Crippen molar-refractivity contribution in [1.29, 1.82) is 0 Å². The molecule has 1 amide bonds. The second-order valence-electron chi connectivity index (χ2n) is 6.46. The van der Waals surface area contributed by atoms with Crippen molar-refractivity contribution in [1.82, 2.24) is 15.3 Å². The topological polar surface area (TPSA) is 64.1 Å². The van der Waals surface area contributed by atoms with Gasteiger partial charge in [0.2, 0.25) is 0 Å². The highest BCUT2D eigenvalue weighted by Crippen LogP contribution is 2.28. The van der Waals surface area contributed by atoms with E-state index in [0.717, 1.165) is 35.7 Å². The Labute approximate surface area is 141 Å². The SMILES string of the molecule is Cc1nc(CCNC(=O)[C@@H]2Cc3ccccc3O2)nc2c1CCC2. The summed E-state index contributed by atoms with van der Waals surface area (Å²) in [4.78, 5) is 21.5. The molecule has 2 aromatic rings. The highest BCUT2D eigenvalue weighted by molar-refractivity contribution is 5.82. The molecule has 0 unspecified atom stereocenters. The van der Waals surface area contributed by atoms with E-state index in [1.165, 1.54) is 17.7 Å². The number of nitrogens with zero attached hydrogens (tertiary/aromatic N) is 2. The van der Waals surface area contributed by atoms with Crippen LogP contribution < -0.4 is 10.1 Å². The standard InChI is InChI=1S/C19H21N3O2/c1-12-14-6-4-7-15(14)22-18(21-12)9-10-20-19(23)17-11-13-5-2-3-8-16(13)24-17/h2-3,5,8,17H,4,6-7,9-11H2,1H3,(H,20,23)/t17-/m0/s1. The number of carbonyl (C=O) groups excluding carboxylic acids is 1. The predicted octanol–water partition coefficient (Wildman–Crippen LogP) is 1.94. The third-order valence-electron chi connectivity index (χ3n) is 4.77. The third-order valence-corrected chi connectivity index (χ3v) is 4.77. The molecule has 0 spiro atoms. The van der Waals surface area contributed by atoms with Gasteiger partial charge in [-0.05, 0) is 43.4 Å². The van der Waals surface area contributed by atoms with Gasteiger partial charge in [-0.3, -0.25) is 4.79 Å². The maximum Gasteiger partial charge on any atom is 0.261 e. The van der Waals surface area contributed by atoms with Gasteiger partial charge in [0, 0.05) is 30.8 Å². The second-order valence-corrected chi connectivity index (χ2v) is 6.46. The first-order valence-corrected chi connectivity index (χ1v) is 8.58. The Balaban J connectivity index is 1.32. The Kier molecular flexibility index (Phi) is 3.92. The normalized spacial score (nSPS) is 18.0. The quantitative estimate of drug-likeness (QED) is 0.934. The highest BCUT2D eigenvalue weighted by atomic mass is 16.5. The molecule has 2 heterocycles. The minimum Gasteiger partial charge on any atom is -0.480 e. The van der Waals surface area contributed by atoms with Gasteiger partial charge in [0.1, 0.15) is 11.6 Å². The molecule has 0 bridgehead atoms. The van der Waals surface area contributed by atoms with E-state index in [1.807, 2.05) is 24.3 Å². The molecule has 0 saturated heterocycles. The van der Waals surface area contributed by atoms with Gasteiger partial charge in [-0.15, -0.1) is 0 Å². The minimum absolute atomic E-state index is 0.0657. The molecule has 1 atom stereocenters. The van der Waals surface area contributed by atoms with Gasteiger partial charge in [0.05, 0.1) is 0 Å². The molecule has 124 valence electrons. The molecule has 4 rings (SSSR count). The lowest BCUT2D eigenvalue weighted by atomic mass is 10.1. The van der Waals surface area contributed by atoms with Crippen LogP contribution in [0.1, 0.15) is 34.8 Å². The van der Waals surface area contributed by atoms with E-state index in [0.29, 0.717) is 19.4 Å². The Morgan fingerprint density at radius 1 is 1.29 bits per heavy atom. The van der Waals surface area contributed by atoms with Crippen molar-refractivity contribution in [3.05, 3.63) is 52.6 Å². The predicted molar refractivity (Wildman–Crippen MR) is 90.1 cm³/mol. The van der Waals surface area contributed by atoms with E-state index in [9.17, 15) is 4.79 Å². The zero-order valence-electron chi connectivity index (χ0n) is 13.8. The first kappa shape index (κ1) is 15.1. The summed E-state index contributed by atoms with van der Waals surface area (Å²) in [5.41, 5.74) is 4.70. The van der Waals surface area contributed by atoms with Crippen molar-refractivity contribution in [3.8, 4) is 5.75 Å². The Morgan fingerprint density at radius 2 is 2.17 bits per heavy atom. The maximum absolute atomic E-state index is 12.3. The smallest absolute Gasteiger partial charge is 0.261 e. The minimum atomic E-state index is -0.426. The fourth-order valence-corrected chi connectivity index (χ4v) is 3.53. The summed E-state index contributed by atoms with van der Waals surface area (Å²) in [6.07, 6.45) is 4.18. The van der Waals surface area contributed by atoms with Gasteiger partial charge in [0.15, 0.2) is 6.10 Å². The molecular formula is C19H21N3O2. The van der Waals surface area contributed by atoms with Gasteiger partial charge >= 0.3 is 0 Å². The first-order chi connectivity index (χ1) is 11.7. The molecule has 1 aromatic heterocycles. The summed E-state index contributed by atoms with van der Waals surface area (Å²) in [6, 6.07) is 7.80. The molecule has 1 N–H and O–H groups in total. The third kappa shape index (κ3) is 2.86. The van der Waals surface area contributed by atoms with Crippen molar-refractivity contribution in [3.63, 3.8) is 0 Å². The fraction of sp³-hybridized carbons (Fsp3) is 0.421. The second kappa shape index (κ2) is 6.23. The van der Waals surface area contributed by atoms with Gasteiger partial charge in [-0.1, -0.05) is 18.2 Å². The highest BCUT2D eigenvalue weighted by Gasteiger charge is 2.28. The van der Waals surface area contributed by atoms with Gasteiger partial charge in [-0.2, -0.15) is 0 Å². The Hall–Kier alpha value is -2.43. The lowest BCUT2D eigenvalue weighted by Crippen LogP contribution is -2.38. The fourth-order valence-electron chi connectivity index (χ4n) is 3.53. The zero-order chi connectivity index (χ0) is 16.5. The average molecular weight is 323 g/mol. The molecule has 24 heavy (non-hydrogen) atoms. The monoisotopic (exact) mass is 323 g/mol. The van der Waals surface area contributed by atoms with E-state index in [1.54, 1.807) is 0 Å². The summed E-state index contributed by atoms with van der Waals surface area (Å²) in [6.45, 7) is 2.59. The molecule has 2 aliphatic rings. The number of aromatic nitrogens is 2. The van der Waals surface area contributed by atoms with E-state index < -0.39 is 6.10 Å². The zero-order valence-corrected chi connectivity index (χ0v) is 13.8. The largest absolute Gasteiger partial charge is 0.480 e. The number of hydrogen-bond acceptors (Lipinski definition) is 4. The molecule has 1 aliphatic heterocycles. The molecule has 0 fully saturated rings. The van der Waals surface area contributed by atoms with Crippen LogP contribution in [-0.2, 0) is 30.5 Å². The Bertz CT molecular complexity index is 763. The van der Waals surface area contributed by atoms with Crippen LogP contribution in [-0.4, -0.2) is 28.5 Å². The maximum atomic E-state index is 12.3. The van der Waals surface area contributed by atoms with Gasteiger partial charge in [0.25, 0.3) is 5.91 Å². The van der Waals surface area contributed by atoms with Crippen molar-refractivity contribution in [2.24, 2.45) is 0 Å². The summed E-state index contributed by atoms with van der Waals surface area (Å²) in [7, 11) is 0. The Morgan fingerprint density at radius 3 is 3.04 bits per heavy atom. The van der Waals surface area contributed by atoms with Crippen LogP contribution in [0.15, 0.2) is 24.3 Å². The van der Waals surface area contributed by atoms with Crippen molar-refractivity contribution in [2.75, 3.05) is 6.54 Å². The molecule has 1 aliphatic carbocycles. The van der Waals surface area contributed by atoms with Crippen LogP contribution in [0.2, 0.25) is 0 Å². The lowest BCUT2D eigenvalue weighted by molar-refractivity contribution is -0.127. The summed E-state index contributed by atoms with van der Waals surface area (Å²) in [5, 5.41) is 2.95. The van der Waals surface area contributed by atoms with Crippen LogP contribution in [0, 0.1) is 6.92 Å². The number of rotatable bonds is 4. The van der Waals surface area contributed by atoms with Gasteiger partial charge < -0.3 is 10.1 Å². The number of benzene rings is 1. The van der Waals surface area contributed by atoms with Crippen molar-refractivity contribution in [2.45, 2.75) is 45.1 Å². The number of nitrogens with one attached hydrogen (secondary N) is 1. The molecule has 5 heteroatoms. The van der Waals surface area contributed by atoms with Crippen molar-refractivity contribution >= 4 is 5.91 Å². The lowest BCUT2D eigenvalue weighted by Gasteiger charge is -2.11. The number of ether oxygens (including phenoxy) is 1. The molecule has 5 nitrogen and oxygen atoms in total. The number of para-hydroxylation sites is 1. The molecule has 1 aromatic carbocycles. The summed E-state index contributed by atoms with van der Waals surface area (Å²) >= 11 is 0. The average Bonchev–Trinajstić information content (AvgIpc) is 3.21. The van der Waals surface area contributed by atoms with E-state index in [2.05, 4.69) is 22.2 Å².